The Hall–Kier alpha value is -0.860. The van der Waals surface area contributed by atoms with E-state index in [0.29, 0.717) is 17.1 Å². The van der Waals surface area contributed by atoms with Gasteiger partial charge in [0.25, 0.3) is 0 Å². The molecule has 0 saturated heterocycles. The van der Waals surface area contributed by atoms with Crippen molar-refractivity contribution < 1.29 is 4.79 Å². The lowest BCUT2D eigenvalue weighted by molar-refractivity contribution is 0.0930. The Morgan fingerprint density at radius 1 is 1.24 bits per heavy atom. The number of carbonyl (C=O) groups is 1. The van der Waals surface area contributed by atoms with Gasteiger partial charge in [0.05, 0.1) is 6.54 Å². The molecule has 17 heavy (non-hydrogen) atoms. The highest BCUT2D eigenvalue weighted by Crippen LogP contribution is 2.11. The lowest BCUT2D eigenvalue weighted by Gasteiger charge is -2.19. The lowest BCUT2D eigenvalue weighted by atomic mass is 10.1. The Morgan fingerprint density at radius 2 is 1.88 bits per heavy atom. The number of nitrogens with zero attached hydrogens (tertiary/aromatic N) is 1. The zero-order valence-electron chi connectivity index (χ0n) is 10.6. The van der Waals surface area contributed by atoms with E-state index in [9.17, 15) is 4.79 Å². The second-order valence-electron chi connectivity index (χ2n) is 4.21. The van der Waals surface area contributed by atoms with Crippen LogP contribution in [0.5, 0.6) is 0 Å². The van der Waals surface area contributed by atoms with Crippen LogP contribution in [0.3, 0.4) is 0 Å². The topological polar surface area (TPSA) is 20.3 Å². The Balaban J connectivity index is 2.63. The Labute approximate surface area is 109 Å². The molecule has 0 aliphatic heterocycles. The van der Waals surface area contributed by atoms with Gasteiger partial charge in [0.2, 0.25) is 0 Å². The van der Waals surface area contributed by atoms with Gasteiger partial charge in [-0.3, -0.25) is 9.69 Å². The van der Waals surface area contributed by atoms with Gasteiger partial charge < -0.3 is 0 Å². The average Bonchev–Trinajstić information content (AvgIpc) is 2.29. The highest BCUT2D eigenvalue weighted by atomic mass is 35.5. The molecule has 0 aromatic heterocycles. The van der Waals surface area contributed by atoms with E-state index in [1.54, 1.807) is 12.1 Å². The molecule has 0 aliphatic carbocycles. The normalized spacial score (nSPS) is 10.8. The van der Waals surface area contributed by atoms with Gasteiger partial charge in [-0.25, -0.2) is 0 Å². The smallest absolute Gasteiger partial charge is 0.176 e. The second-order valence-corrected chi connectivity index (χ2v) is 4.65. The number of halogens is 1. The standard InChI is InChI=1S/C14H20ClNO/c1-3-8-16(9-4-2)11-14(17)12-6-5-7-13(15)10-12/h5-7,10H,3-4,8-9,11H2,1-2H3. The van der Waals surface area contributed by atoms with E-state index in [-0.39, 0.29) is 5.78 Å². The predicted molar refractivity (Wildman–Crippen MR) is 72.8 cm³/mol. The average molecular weight is 254 g/mol. The molecule has 0 atom stereocenters. The lowest BCUT2D eigenvalue weighted by Crippen LogP contribution is -2.31. The molecule has 0 amide bonds. The summed E-state index contributed by atoms with van der Waals surface area (Å²) in [5, 5.41) is 0.619. The van der Waals surface area contributed by atoms with Crippen molar-refractivity contribution in [3.05, 3.63) is 34.9 Å². The first-order valence-corrected chi connectivity index (χ1v) is 6.56. The maximum atomic E-state index is 12.1. The second kappa shape index (κ2) is 7.46. The van der Waals surface area contributed by atoms with Crippen LogP contribution in [0.4, 0.5) is 0 Å². The van der Waals surface area contributed by atoms with Crippen molar-refractivity contribution in [1.29, 1.82) is 0 Å². The summed E-state index contributed by atoms with van der Waals surface area (Å²) in [4.78, 5) is 14.3. The van der Waals surface area contributed by atoms with Gasteiger partial charge >= 0.3 is 0 Å². The van der Waals surface area contributed by atoms with Gasteiger partial charge in [-0.1, -0.05) is 37.6 Å². The monoisotopic (exact) mass is 253 g/mol. The molecule has 0 fully saturated rings. The number of hydrogen-bond acceptors (Lipinski definition) is 2. The molecule has 0 N–H and O–H groups in total. The van der Waals surface area contributed by atoms with Crippen molar-refractivity contribution in [2.24, 2.45) is 0 Å². The largest absolute Gasteiger partial charge is 0.296 e. The van der Waals surface area contributed by atoms with Crippen molar-refractivity contribution in [1.82, 2.24) is 4.90 Å². The Kier molecular flexibility index (Phi) is 6.23. The van der Waals surface area contributed by atoms with E-state index in [4.69, 9.17) is 11.6 Å². The van der Waals surface area contributed by atoms with E-state index in [0.717, 1.165) is 25.9 Å². The summed E-state index contributed by atoms with van der Waals surface area (Å²) in [7, 11) is 0. The summed E-state index contributed by atoms with van der Waals surface area (Å²) in [5.74, 6) is 0.148. The number of carbonyl (C=O) groups excluding carboxylic acids is 1. The quantitative estimate of drug-likeness (QED) is 0.692. The van der Waals surface area contributed by atoms with Crippen LogP contribution in [-0.4, -0.2) is 30.3 Å². The van der Waals surface area contributed by atoms with Crippen LogP contribution in [0, 0.1) is 0 Å². The minimum Gasteiger partial charge on any atom is -0.296 e. The van der Waals surface area contributed by atoms with Gasteiger partial charge in [0, 0.05) is 10.6 Å². The zero-order valence-corrected chi connectivity index (χ0v) is 11.3. The zero-order chi connectivity index (χ0) is 12.7. The third-order valence-electron chi connectivity index (χ3n) is 2.59. The van der Waals surface area contributed by atoms with Crippen LogP contribution < -0.4 is 0 Å². The molecule has 0 bridgehead atoms. The van der Waals surface area contributed by atoms with Crippen LogP contribution in [0.1, 0.15) is 37.0 Å². The van der Waals surface area contributed by atoms with Gasteiger partial charge in [-0.15, -0.1) is 0 Å². The van der Waals surface area contributed by atoms with Crippen molar-refractivity contribution >= 4 is 17.4 Å². The minimum atomic E-state index is 0.148. The van der Waals surface area contributed by atoms with Crippen LogP contribution in [0.25, 0.3) is 0 Å². The molecule has 0 radical (unpaired) electrons. The molecule has 0 unspecified atom stereocenters. The van der Waals surface area contributed by atoms with Crippen LogP contribution >= 0.6 is 11.6 Å². The fourth-order valence-corrected chi connectivity index (χ4v) is 2.05. The molecule has 94 valence electrons. The molecule has 1 aromatic rings. The van der Waals surface area contributed by atoms with Gasteiger partial charge in [0.1, 0.15) is 0 Å². The molecule has 2 nitrogen and oxygen atoms in total. The summed E-state index contributed by atoms with van der Waals surface area (Å²) in [6, 6.07) is 7.16. The van der Waals surface area contributed by atoms with E-state index >= 15 is 0 Å². The summed E-state index contributed by atoms with van der Waals surface area (Å²) in [6.45, 7) is 6.70. The predicted octanol–water partition coefficient (Wildman–Crippen LogP) is 3.64. The maximum Gasteiger partial charge on any atom is 0.176 e. The van der Waals surface area contributed by atoms with E-state index < -0.39 is 0 Å². The van der Waals surface area contributed by atoms with Gasteiger partial charge in [-0.05, 0) is 38.1 Å². The molecular weight excluding hydrogens is 234 g/mol. The maximum absolute atomic E-state index is 12.1. The number of ketones is 1. The van der Waals surface area contributed by atoms with Crippen LogP contribution in [-0.2, 0) is 0 Å². The number of Topliss-reactive ketones (excluding diaryl/α,β-unsaturated/α-hetero) is 1. The summed E-state index contributed by atoms with van der Waals surface area (Å²) >= 11 is 5.88. The molecule has 0 spiro atoms. The first-order valence-electron chi connectivity index (χ1n) is 6.18. The molecule has 1 aromatic carbocycles. The van der Waals surface area contributed by atoms with Crippen LogP contribution in [0.2, 0.25) is 5.02 Å². The third-order valence-corrected chi connectivity index (χ3v) is 2.83. The molecule has 0 saturated carbocycles. The number of benzene rings is 1. The van der Waals surface area contributed by atoms with Gasteiger partial charge in [-0.2, -0.15) is 0 Å². The van der Waals surface area contributed by atoms with Crippen molar-refractivity contribution in [3.8, 4) is 0 Å². The highest BCUT2D eigenvalue weighted by molar-refractivity contribution is 6.31. The molecule has 3 heteroatoms. The third kappa shape index (κ3) is 4.88. The fourth-order valence-electron chi connectivity index (χ4n) is 1.86. The van der Waals surface area contributed by atoms with E-state index in [1.807, 2.05) is 12.1 Å². The number of rotatable bonds is 7. The molecule has 1 rings (SSSR count). The molecule has 0 aliphatic rings. The van der Waals surface area contributed by atoms with Crippen molar-refractivity contribution in [3.63, 3.8) is 0 Å². The SMILES string of the molecule is CCCN(CCC)CC(=O)c1cccc(Cl)c1. The van der Waals surface area contributed by atoms with Crippen molar-refractivity contribution in [2.75, 3.05) is 19.6 Å². The minimum absolute atomic E-state index is 0.148. The summed E-state index contributed by atoms with van der Waals surface area (Å²) < 4.78 is 0. The van der Waals surface area contributed by atoms with Gasteiger partial charge in [0.15, 0.2) is 5.78 Å². The summed E-state index contributed by atoms with van der Waals surface area (Å²) in [5.41, 5.74) is 0.703. The van der Waals surface area contributed by atoms with E-state index in [2.05, 4.69) is 18.7 Å². The highest BCUT2D eigenvalue weighted by Gasteiger charge is 2.11. The summed E-state index contributed by atoms with van der Waals surface area (Å²) in [6.07, 6.45) is 2.14. The Morgan fingerprint density at radius 3 is 2.41 bits per heavy atom. The molecule has 0 heterocycles. The fraction of sp³-hybridized carbons (Fsp3) is 0.500. The molecular formula is C14H20ClNO. The first kappa shape index (κ1) is 14.2. The number of hydrogen-bond donors (Lipinski definition) is 0. The van der Waals surface area contributed by atoms with E-state index in [1.165, 1.54) is 0 Å². The Bertz CT molecular complexity index is 359. The first-order chi connectivity index (χ1) is 8.17. The van der Waals surface area contributed by atoms with Crippen LogP contribution in [0.15, 0.2) is 24.3 Å². The van der Waals surface area contributed by atoms with Crippen molar-refractivity contribution in [2.45, 2.75) is 26.7 Å².